The lowest BCUT2D eigenvalue weighted by molar-refractivity contribution is 0.552. The molecule has 1 aromatic rings. The van der Waals surface area contributed by atoms with Gasteiger partial charge in [0.25, 0.3) is 0 Å². The predicted octanol–water partition coefficient (Wildman–Crippen LogP) is 1.30. The smallest absolute Gasteiger partial charge is 0.334 e. The normalized spacial score (nSPS) is 8.56. The van der Waals surface area contributed by atoms with Crippen molar-refractivity contribution >= 4 is 23.7 Å². The molecule has 0 aliphatic heterocycles. The zero-order valence-corrected chi connectivity index (χ0v) is 4.92. The van der Waals surface area contributed by atoms with Crippen molar-refractivity contribution in [2.24, 2.45) is 4.99 Å². The maximum Gasteiger partial charge on any atom is 0.334 e. The van der Waals surface area contributed by atoms with Crippen molar-refractivity contribution in [1.82, 2.24) is 4.98 Å². The van der Waals surface area contributed by atoms with E-state index in [9.17, 15) is 4.79 Å². The van der Waals surface area contributed by atoms with Gasteiger partial charge in [0.15, 0.2) is 0 Å². The first kappa shape index (κ1) is 6.01. The molecule has 0 amide bonds. The van der Waals surface area contributed by atoms with Crippen LogP contribution in [0.1, 0.15) is 0 Å². The van der Waals surface area contributed by atoms with Gasteiger partial charge in [0.1, 0.15) is 0 Å². The lowest BCUT2D eigenvalue weighted by atomic mass is 11.0. The van der Waals surface area contributed by atoms with Crippen LogP contribution in [0, 0.1) is 0 Å². The maximum absolute atomic E-state index is 9.55. The third kappa shape index (κ3) is 1.38. The van der Waals surface area contributed by atoms with Crippen LogP contribution in [0.25, 0.3) is 0 Å². The standard InChI is InChI=1S/C4HClN2O2/c5-3-1-6-4(9-3)7-2-8/h1H. The molecule has 5 heteroatoms. The van der Waals surface area contributed by atoms with Gasteiger partial charge in [-0.3, -0.25) is 0 Å². The summed E-state index contributed by atoms with van der Waals surface area (Å²) in [5.74, 6) is 0. The third-order valence-electron chi connectivity index (χ3n) is 0.607. The number of hydrogen-bond acceptors (Lipinski definition) is 4. The molecule has 1 rings (SSSR count). The Morgan fingerprint density at radius 1 is 1.89 bits per heavy atom. The molecule has 0 unspecified atom stereocenters. The number of oxazole rings is 1. The van der Waals surface area contributed by atoms with E-state index >= 15 is 0 Å². The second-order valence-electron chi connectivity index (χ2n) is 1.15. The molecule has 0 saturated carbocycles. The summed E-state index contributed by atoms with van der Waals surface area (Å²) >= 11 is 5.28. The highest BCUT2D eigenvalue weighted by Crippen LogP contribution is 2.14. The highest BCUT2D eigenvalue weighted by atomic mass is 35.5. The van der Waals surface area contributed by atoms with E-state index in [0.29, 0.717) is 0 Å². The first-order valence-electron chi connectivity index (χ1n) is 2.02. The second-order valence-corrected chi connectivity index (χ2v) is 1.52. The predicted molar refractivity (Wildman–Crippen MR) is 29.3 cm³/mol. The summed E-state index contributed by atoms with van der Waals surface area (Å²) in [6.07, 6.45) is 2.51. The summed E-state index contributed by atoms with van der Waals surface area (Å²) in [5.41, 5.74) is 0. The fourth-order valence-electron chi connectivity index (χ4n) is 0.337. The molecule has 0 saturated heterocycles. The van der Waals surface area contributed by atoms with Gasteiger partial charge >= 0.3 is 6.01 Å². The summed E-state index contributed by atoms with van der Waals surface area (Å²) in [6.45, 7) is 0. The zero-order valence-electron chi connectivity index (χ0n) is 4.17. The molecule has 0 atom stereocenters. The van der Waals surface area contributed by atoms with Crippen LogP contribution in [0.3, 0.4) is 0 Å². The molecule has 1 heterocycles. The van der Waals surface area contributed by atoms with Gasteiger partial charge in [0, 0.05) is 0 Å². The molecule has 0 N–H and O–H groups in total. The first-order chi connectivity index (χ1) is 4.33. The van der Waals surface area contributed by atoms with Gasteiger partial charge in [-0.2, -0.15) is 4.98 Å². The van der Waals surface area contributed by atoms with Crippen LogP contribution >= 0.6 is 11.6 Å². The van der Waals surface area contributed by atoms with Crippen molar-refractivity contribution in [3.05, 3.63) is 11.4 Å². The molecule has 0 radical (unpaired) electrons. The van der Waals surface area contributed by atoms with E-state index in [4.69, 9.17) is 11.6 Å². The number of rotatable bonds is 1. The topological polar surface area (TPSA) is 55.5 Å². The molecule has 46 valence electrons. The van der Waals surface area contributed by atoms with Crippen molar-refractivity contribution in [1.29, 1.82) is 0 Å². The van der Waals surface area contributed by atoms with Crippen LogP contribution in [0.4, 0.5) is 6.01 Å². The Balaban J connectivity index is 2.97. The van der Waals surface area contributed by atoms with Crippen LogP contribution in [-0.4, -0.2) is 11.1 Å². The van der Waals surface area contributed by atoms with Crippen LogP contribution in [0.5, 0.6) is 0 Å². The molecular weight excluding hydrogens is 144 g/mol. The second kappa shape index (κ2) is 2.44. The molecule has 1 aromatic heterocycles. The van der Waals surface area contributed by atoms with Gasteiger partial charge in [-0.25, -0.2) is 4.79 Å². The summed E-state index contributed by atoms with van der Waals surface area (Å²) < 4.78 is 4.55. The van der Waals surface area contributed by atoms with Crippen molar-refractivity contribution in [2.75, 3.05) is 0 Å². The Kier molecular flexibility index (Phi) is 1.63. The largest absolute Gasteiger partial charge is 0.410 e. The number of hydrogen-bond donors (Lipinski definition) is 0. The lowest BCUT2D eigenvalue weighted by Crippen LogP contribution is -1.55. The van der Waals surface area contributed by atoms with Crippen LogP contribution in [0.2, 0.25) is 5.22 Å². The van der Waals surface area contributed by atoms with Gasteiger partial charge < -0.3 is 4.42 Å². The number of isocyanates is 1. The number of halogens is 1. The zero-order chi connectivity index (χ0) is 6.69. The average molecular weight is 145 g/mol. The van der Waals surface area contributed by atoms with Crippen molar-refractivity contribution < 1.29 is 9.21 Å². The van der Waals surface area contributed by atoms with Crippen molar-refractivity contribution in [3.8, 4) is 0 Å². The highest BCUT2D eigenvalue weighted by Gasteiger charge is 1.95. The number of carbonyl (C=O) groups excluding carboxylic acids is 1. The van der Waals surface area contributed by atoms with Crippen LogP contribution < -0.4 is 0 Å². The van der Waals surface area contributed by atoms with Gasteiger partial charge in [0.2, 0.25) is 11.3 Å². The maximum atomic E-state index is 9.55. The highest BCUT2D eigenvalue weighted by molar-refractivity contribution is 6.28. The minimum Gasteiger partial charge on any atom is -0.410 e. The summed E-state index contributed by atoms with van der Waals surface area (Å²) in [6, 6.07) is -0.0741. The first-order valence-corrected chi connectivity index (χ1v) is 2.40. The van der Waals surface area contributed by atoms with Gasteiger partial charge in [-0.1, -0.05) is 0 Å². The quantitative estimate of drug-likeness (QED) is 0.441. The summed E-state index contributed by atoms with van der Waals surface area (Å²) in [5, 5.41) is 0.101. The molecule has 0 spiro atoms. The van der Waals surface area contributed by atoms with Crippen molar-refractivity contribution in [3.63, 3.8) is 0 Å². The number of nitrogens with zero attached hydrogens (tertiary/aromatic N) is 2. The minimum atomic E-state index is -0.0741. The van der Waals surface area contributed by atoms with E-state index in [1.807, 2.05) is 0 Å². The average Bonchev–Trinajstić information content (AvgIpc) is 2.17. The van der Waals surface area contributed by atoms with Gasteiger partial charge in [-0.05, 0) is 11.6 Å². The number of aliphatic imine (C=N–C) groups is 1. The molecule has 0 aliphatic carbocycles. The SMILES string of the molecule is O=C=Nc1ncc(Cl)o1. The molecule has 4 nitrogen and oxygen atoms in total. The summed E-state index contributed by atoms with van der Waals surface area (Å²) in [7, 11) is 0. The van der Waals surface area contributed by atoms with Crippen molar-refractivity contribution in [2.45, 2.75) is 0 Å². The molecular formula is C4HClN2O2. The Morgan fingerprint density at radius 3 is 3.11 bits per heavy atom. The molecule has 0 fully saturated rings. The monoisotopic (exact) mass is 144 g/mol. The summed E-state index contributed by atoms with van der Waals surface area (Å²) in [4.78, 5) is 16.1. The molecule has 0 aromatic carbocycles. The third-order valence-corrected chi connectivity index (χ3v) is 0.781. The Bertz CT molecular complexity index is 251. The fourth-order valence-corrected chi connectivity index (χ4v) is 0.454. The van der Waals surface area contributed by atoms with E-state index in [1.54, 1.807) is 0 Å². The van der Waals surface area contributed by atoms with E-state index in [-0.39, 0.29) is 11.2 Å². The van der Waals surface area contributed by atoms with E-state index < -0.39 is 0 Å². The van der Waals surface area contributed by atoms with E-state index in [1.165, 1.54) is 12.3 Å². The Labute approximate surface area is 55.2 Å². The lowest BCUT2D eigenvalue weighted by Gasteiger charge is -1.71. The molecule has 0 bridgehead atoms. The van der Waals surface area contributed by atoms with E-state index in [2.05, 4.69) is 14.4 Å². The van der Waals surface area contributed by atoms with Crippen LogP contribution in [-0.2, 0) is 4.79 Å². The van der Waals surface area contributed by atoms with E-state index in [0.717, 1.165) is 0 Å². The Morgan fingerprint density at radius 2 is 2.67 bits per heavy atom. The van der Waals surface area contributed by atoms with Crippen LogP contribution in [0.15, 0.2) is 15.6 Å². The van der Waals surface area contributed by atoms with Gasteiger partial charge in [-0.15, -0.1) is 4.99 Å². The molecule has 9 heavy (non-hydrogen) atoms. The Hall–Kier alpha value is -1.12. The fraction of sp³-hybridized carbons (Fsp3) is 0. The van der Waals surface area contributed by atoms with Gasteiger partial charge in [0.05, 0.1) is 6.20 Å². The minimum absolute atomic E-state index is 0.0741. The molecule has 0 aliphatic rings. The number of aromatic nitrogens is 1.